The van der Waals surface area contributed by atoms with Crippen LogP contribution in [0.25, 0.3) is 0 Å². The van der Waals surface area contributed by atoms with Gasteiger partial charge in [0.1, 0.15) is 18.2 Å². The fraction of sp³-hybridized carbons (Fsp3) is 0.333. The van der Waals surface area contributed by atoms with Crippen molar-refractivity contribution < 1.29 is 23.5 Å². The van der Waals surface area contributed by atoms with Gasteiger partial charge in [-0.3, -0.25) is 9.59 Å². The number of amides is 1. The first kappa shape index (κ1) is 14.1. The van der Waals surface area contributed by atoms with Gasteiger partial charge >= 0.3 is 5.97 Å². The molecule has 0 heterocycles. The van der Waals surface area contributed by atoms with E-state index in [1.165, 1.54) is 0 Å². The molecular weight excluding hydrogens is 244 g/mol. The highest BCUT2D eigenvalue weighted by molar-refractivity contribution is 5.95. The summed E-state index contributed by atoms with van der Waals surface area (Å²) in [5.74, 6) is -3.61. The maximum absolute atomic E-state index is 13.0. The summed E-state index contributed by atoms with van der Waals surface area (Å²) < 4.78 is 25.9. The molecule has 98 valence electrons. The van der Waals surface area contributed by atoms with Gasteiger partial charge in [0.2, 0.25) is 0 Å². The lowest BCUT2D eigenvalue weighted by molar-refractivity contribution is -0.137. The molecule has 0 aromatic heterocycles. The number of halogens is 2. The SMILES string of the molecule is CCCN(CC(=O)O)C(=O)c1cc(F)cc(F)c1. The van der Waals surface area contributed by atoms with Crippen LogP contribution in [-0.2, 0) is 4.79 Å². The van der Waals surface area contributed by atoms with Crippen LogP contribution in [0, 0.1) is 11.6 Å². The second-order valence-electron chi connectivity index (χ2n) is 3.78. The van der Waals surface area contributed by atoms with E-state index in [2.05, 4.69) is 0 Å². The van der Waals surface area contributed by atoms with Crippen LogP contribution in [0.4, 0.5) is 8.78 Å². The Labute approximate surface area is 103 Å². The van der Waals surface area contributed by atoms with Crippen molar-refractivity contribution >= 4 is 11.9 Å². The molecule has 0 aliphatic heterocycles. The maximum Gasteiger partial charge on any atom is 0.323 e. The lowest BCUT2D eigenvalue weighted by Gasteiger charge is -2.19. The number of benzene rings is 1. The molecule has 18 heavy (non-hydrogen) atoms. The number of carbonyl (C=O) groups excluding carboxylic acids is 1. The quantitative estimate of drug-likeness (QED) is 0.876. The van der Waals surface area contributed by atoms with E-state index in [9.17, 15) is 18.4 Å². The zero-order valence-corrected chi connectivity index (χ0v) is 9.82. The smallest absolute Gasteiger partial charge is 0.323 e. The van der Waals surface area contributed by atoms with Crippen LogP contribution in [0.1, 0.15) is 23.7 Å². The number of hydrogen-bond acceptors (Lipinski definition) is 2. The fourth-order valence-corrected chi connectivity index (χ4v) is 1.55. The molecule has 0 saturated heterocycles. The molecule has 1 N–H and O–H groups in total. The third-order valence-electron chi connectivity index (χ3n) is 2.22. The summed E-state index contributed by atoms with van der Waals surface area (Å²) >= 11 is 0. The van der Waals surface area contributed by atoms with Crippen molar-refractivity contribution in [2.24, 2.45) is 0 Å². The molecule has 0 spiro atoms. The van der Waals surface area contributed by atoms with Gasteiger partial charge in [-0.05, 0) is 18.6 Å². The molecule has 4 nitrogen and oxygen atoms in total. The molecule has 0 radical (unpaired) electrons. The predicted molar refractivity (Wildman–Crippen MR) is 60.2 cm³/mol. The second kappa shape index (κ2) is 6.09. The molecule has 1 rings (SSSR count). The minimum absolute atomic E-state index is 0.192. The van der Waals surface area contributed by atoms with Crippen molar-refractivity contribution in [2.75, 3.05) is 13.1 Å². The summed E-state index contributed by atoms with van der Waals surface area (Å²) in [6.07, 6.45) is 0.552. The molecule has 0 aliphatic rings. The van der Waals surface area contributed by atoms with E-state index in [1.54, 1.807) is 6.92 Å². The summed E-state index contributed by atoms with van der Waals surface area (Å²) in [5, 5.41) is 8.67. The van der Waals surface area contributed by atoms with Crippen LogP contribution in [0.2, 0.25) is 0 Å². The zero-order valence-electron chi connectivity index (χ0n) is 9.82. The molecule has 1 aromatic carbocycles. The summed E-state index contributed by atoms with van der Waals surface area (Å²) in [5.41, 5.74) is -0.192. The van der Waals surface area contributed by atoms with Crippen molar-refractivity contribution in [3.63, 3.8) is 0 Å². The normalized spacial score (nSPS) is 10.2. The Hall–Kier alpha value is -1.98. The highest BCUT2D eigenvalue weighted by Crippen LogP contribution is 2.11. The topological polar surface area (TPSA) is 57.6 Å². The lowest BCUT2D eigenvalue weighted by atomic mass is 10.2. The first-order valence-corrected chi connectivity index (χ1v) is 5.41. The number of nitrogens with zero attached hydrogens (tertiary/aromatic N) is 1. The van der Waals surface area contributed by atoms with Crippen LogP contribution >= 0.6 is 0 Å². The van der Waals surface area contributed by atoms with Gasteiger partial charge in [-0.2, -0.15) is 0 Å². The zero-order chi connectivity index (χ0) is 13.7. The van der Waals surface area contributed by atoms with E-state index in [1.807, 2.05) is 0 Å². The molecule has 0 fully saturated rings. The van der Waals surface area contributed by atoms with Gasteiger partial charge < -0.3 is 10.0 Å². The number of carboxylic acid groups (broad SMARTS) is 1. The van der Waals surface area contributed by atoms with E-state index >= 15 is 0 Å². The van der Waals surface area contributed by atoms with Crippen LogP contribution in [0.15, 0.2) is 18.2 Å². The highest BCUT2D eigenvalue weighted by Gasteiger charge is 2.18. The van der Waals surface area contributed by atoms with Crippen molar-refractivity contribution in [3.8, 4) is 0 Å². The summed E-state index contributed by atoms with van der Waals surface area (Å²) in [6.45, 7) is 1.49. The first-order valence-electron chi connectivity index (χ1n) is 5.41. The minimum atomic E-state index is -1.17. The van der Waals surface area contributed by atoms with Crippen molar-refractivity contribution in [3.05, 3.63) is 35.4 Å². The van der Waals surface area contributed by atoms with Gasteiger partial charge in [0.25, 0.3) is 5.91 Å². The molecule has 0 atom stereocenters. The van der Waals surface area contributed by atoms with Crippen molar-refractivity contribution in [1.29, 1.82) is 0 Å². The van der Waals surface area contributed by atoms with E-state index in [-0.39, 0.29) is 12.1 Å². The predicted octanol–water partition coefficient (Wildman–Crippen LogP) is 1.90. The third kappa shape index (κ3) is 3.80. The van der Waals surface area contributed by atoms with Gasteiger partial charge in [-0.1, -0.05) is 6.92 Å². The molecular formula is C12H13F2NO3. The highest BCUT2D eigenvalue weighted by atomic mass is 19.1. The van der Waals surface area contributed by atoms with E-state index in [4.69, 9.17) is 5.11 Å². The Morgan fingerprint density at radius 1 is 1.22 bits per heavy atom. The number of carboxylic acids is 1. The van der Waals surface area contributed by atoms with Crippen LogP contribution in [0.5, 0.6) is 0 Å². The Bertz CT molecular complexity index is 442. The molecule has 0 unspecified atom stereocenters. The summed E-state index contributed by atoms with van der Waals surface area (Å²) in [7, 11) is 0. The number of hydrogen-bond donors (Lipinski definition) is 1. The Balaban J connectivity index is 2.97. The second-order valence-corrected chi connectivity index (χ2v) is 3.78. The Morgan fingerprint density at radius 2 is 1.78 bits per heavy atom. The summed E-state index contributed by atoms with van der Waals surface area (Å²) in [6, 6.07) is 2.42. The largest absolute Gasteiger partial charge is 0.480 e. The molecule has 0 saturated carbocycles. The molecule has 1 aromatic rings. The number of rotatable bonds is 5. The van der Waals surface area contributed by atoms with Crippen molar-refractivity contribution in [1.82, 2.24) is 4.90 Å². The lowest BCUT2D eigenvalue weighted by Crippen LogP contribution is -2.36. The minimum Gasteiger partial charge on any atom is -0.480 e. The van der Waals surface area contributed by atoms with Gasteiger partial charge in [0.05, 0.1) is 0 Å². The molecule has 0 bridgehead atoms. The molecule has 1 amide bonds. The van der Waals surface area contributed by atoms with Crippen LogP contribution in [0.3, 0.4) is 0 Å². The monoisotopic (exact) mass is 257 g/mol. The third-order valence-corrected chi connectivity index (χ3v) is 2.22. The maximum atomic E-state index is 13.0. The molecule has 0 aliphatic carbocycles. The van der Waals surface area contributed by atoms with E-state index in [0.717, 1.165) is 17.0 Å². The van der Waals surface area contributed by atoms with Gasteiger partial charge in [0.15, 0.2) is 0 Å². The summed E-state index contributed by atoms with van der Waals surface area (Å²) in [4.78, 5) is 23.6. The van der Waals surface area contributed by atoms with Crippen LogP contribution < -0.4 is 0 Å². The first-order chi connectivity index (χ1) is 8.43. The number of carbonyl (C=O) groups is 2. The molecule has 6 heteroatoms. The van der Waals surface area contributed by atoms with Gasteiger partial charge in [0, 0.05) is 18.2 Å². The van der Waals surface area contributed by atoms with Crippen molar-refractivity contribution in [2.45, 2.75) is 13.3 Å². The fourth-order valence-electron chi connectivity index (χ4n) is 1.55. The van der Waals surface area contributed by atoms with Gasteiger partial charge in [-0.25, -0.2) is 8.78 Å². The average molecular weight is 257 g/mol. The van der Waals surface area contributed by atoms with E-state index in [0.29, 0.717) is 12.5 Å². The average Bonchev–Trinajstić information content (AvgIpc) is 2.25. The van der Waals surface area contributed by atoms with Crippen LogP contribution in [-0.4, -0.2) is 35.0 Å². The number of aliphatic carboxylic acids is 1. The van der Waals surface area contributed by atoms with E-state index < -0.39 is 30.1 Å². The standard InChI is InChI=1S/C12H13F2NO3/c1-2-3-15(7-11(16)17)12(18)8-4-9(13)6-10(14)5-8/h4-6H,2-3,7H2,1H3,(H,16,17). The Kier molecular flexibility index (Phi) is 4.76. The Morgan fingerprint density at radius 3 is 2.22 bits per heavy atom. The van der Waals surface area contributed by atoms with Gasteiger partial charge in [-0.15, -0.1) is 0 Å².